The summed E-state index contributed by atoms with van der Waals surface area (Å²) in [5.74, 6) is -0.0908. The Hall–Kier alpha value is -2.87. The lowest BCUT2D eigenvalue weighted by Gasteiger charge is -2.19. The van der Waals surface area contributed by atoms with Crippen LogP contribution in [0.2, 0.25) is 0 Å². The van der Waals surface area contributed by atoms with E-state index >= 15 is 0 Å². The number of hydrogen-bond acceptors (Lipinski definition) is 4. The standard InChI is InChI=1S/C18H20N4O/c1-12-7-13(2)18(14(3)8-12)21-17(23)11-22(4)16-6-5-15(9-19)20-10-16/h5-8,10H,11H2,1-4H3,(H,21,23). The fourth-order valence-corrected chi connectivity index (χ4v) is 2.54. The van der Waals surface area contributed by atoms with Crippen LogP contribution in [-0.4, -0.2) is 24.5 Å². The van der Waals surface area contributed by atoms with E-state index in [1.54, 1.807) is 23.2 Å². The van der Waals surface area contributed by atoms with E-state index in [0.29, 0.717) is 5.69 Å². The number of nitriles is 1. The number of amides is 1. The number of carbonyl (C=O) groups is 1. The quantitative estimate of drug-likeness (QED) is 0.943. The van der Waals surface area contributed by atoms with Gasteiger partial charge in [0, 0.05) is 12.7 Å². The van der Waals surface area contributed by atoms with Crippen molar-refractivity contribution in [2.24, 2.45) is 0 Å². The minimum Gasteiger partial charge on any atom is -0.364 e. The second kappa shape index (κ2) is 6.93. The van der Waals surface area contributed by atoms with Gasteiger partial charge in [-0.15, -0.1) is 0 Å². The first-order chi connectivity index (χ1) is 10.9. The van der Waals surface area contributed by atoms with E-state index < -0.39 is 0 Å². The van der Waals surface area contributed by atoms with Crippen LogP contribution in [0.5, 0.6) is 0 Å². The van der Waals surface area contributed by atoms with Crippen molar-refractivity contribution < 1.29 is 4.79 Å². The van der Waals surface area contributed by atoms with E-state index in [-0.39, 0.29) is 12.5 Å². The Bertz CT molecular complexity index is 737. The third-order valence-corrected chi connectivity index (χ3v) is 3.63. The molecule has 1 aromatic carbocycles. The van der Waals surface area contributed by atoms with Gasteiger partial charge >= 0.3 is 0 Å². The molecule has 0 atom stereocenters. The molecular formula is C18H20N4O. The average molecular weight is 308 g/mol. The van der Waals surface area contributed by atoms with Gasteiger partial charge in [0.2, 0.25) is 5.91 Å². The van der Waals surface area contributed by atoms with Crippen LogP contribution >= 0.6 is 0 Å². The molecule has 1 amide bonds. The summed E-state index contributed by atoms with van der Waals surface area (Å²) >= 11 is 0. The lowest BCUT2D eigenvalue weighted by Crippen LogP contribution is -2.30. The van der Waals surface area contributed by atoms with E-state index in [2.05, 4.69) is 22.4 Å². The normalized spacial score (nSPS) is 10.0. The number of carbonyl (C=O) groups excluding carboxylic acids is 1. The summed E-state index contributed by atoms with van der Waals surface area (Å²) in [5, 5.41) is 11.7. The van der Waals surface area contributed by atoms with Crippen molar-refractivity contribution in [3.63, 3.8) is 0 Å². The predicted octanol–water partition coefficient (Wildman–Crippen LogP) is 2.95. The monoisotopic (exact) mass is 308 g/mol. The molecule has 0 saturated heterocycles. The number of likely N-dealkylation sites (N-methyl/N-ethyl adjacent to an activating group) is 1. The maximum absolute atomic E-state index is 12.3. The van der Waals surface area contributed by atoms with Crippen LogP contribution in [0.4, 0.5) is 11.4 Å². The van der Waals surface area contributed by atoms with E-state index in [0.717, 1.165) is 22.5 Å². The molecule has 2 rings (SSSR count). The predicted molar refractivity (Wildman–Crippen MR) is 91.5 cm³/mol. The first-order valence-corrected chi connectivity index (χ1v) is 7.35. The highest BCUT2D eigenvalue weighted by Gasteiger charge is 2.11. The van der Waals surface area contributed by atoms with Crippen LogP contribution in [0.25, 0.3) is 0 Å². The Balaban J connectivity index is 2.06. The van der Waals surface area contributed by atoms with E-state index in [9.17, 15) is 4.79 Å². The van der Waals surface area contributed by atoms with Gasteiger partial charge in [-0.3, -0.25) is 4.79 Å². The number of rotatable bonds is 4. The largest absolute Gasteiger partial charge is 0.364 e. The lowest BCUT2D eigenvalue weighted by molar-refractivity contribution is -0.114. The second-order valence-corrected chi connectivity index (χ2v) is 5.69. The zero-order chi connectivity index (χ0) is 17.0. The number of nitrogens with one attached hydrogen (secondary N) is 1. The molecule has 5 heteroatoms. The number of aryl methyl sites for hydroxylation is 3. The third-order valence-electron chi connectivity index (χ3n) is 3.63. The van der Waals surface area contributed by atoms with Gasteiger partial charge in [-0.2, -0.15) is 5.26 Å². The van der Waals surface area contributed by atoms with Gasteiger partial charge in [0.1, 0.15) is 11.8 Å². The van der Waals surface area contributed by atoms with Crippen molar-refractivity contribution in [1.82, 2.24) is 4.98 Å². The molecular weight excluding hydrogens is 288 g/mol. The molecule has 0 aliphatic carbocycles. The minimum atomic E-state index is -0.0908. The first kappa shape index (κ1) is 16.5. The van der Waals surface area contributed by atoms with Crippen molar-refractivity contribution in [2.45, 2.75) is 20.8 Å². The molecule has 0 fully saturated rings. The highest BCUT2D eigenvalue weighted by molar-refractivity contribution is 5.95. The molecule has 0 unspecified atom stereocenters. The zero-order valence-corrected chi connectivity index (χ0v) is 13.8. The molecule has 5 nitrogen and oxygen atoms in total. The summed E-state index contributed by atoms with van der Waals surface area (Å²) in [7, 11) is 1.82. The Morgan fingerprint density at radius 2 is 1.91 bits per heavy atom. The van der Waals surface area contributed by atoms with Crippen LogP contribution < -0.4 is 10.2 Å². The van der Waals surface area contributed by atoms with Gasteiger partial charge in [-0.05, 0) is 44.0 Å². The topological polar surface area (TPSA) is 69.0 Å². The van der Waals surface area contributed by atoms with E-state index in [1.807, 2.05) is 33.9 Å². The molecule has 23 heavy (non-hydrogen) atoms. The summed E-state index contributed by atoms with van der Waals surface area (Å²) in [6.45, 7) is 6.23. The van der Waals surface area contributed by atoms with Crippen LogP contribution in [0.1, 0.15) is 22.4 Å². The number of aromatic nitrogens is 1. The van der Waals surface area contributed by atoms with Crippen LogP contribution in [0, 0.1) is 32.1 Å². The molecule has 118 valence electrons. The number of nitrogens with zero attached hydrogens (tertiary/aromatic N) is 3. The molecule has 2 aromatic rings. The number of anilines is 2. The Kier molecular flexibility index (Phi) is 4.97. The molecule has 0 spiro atoms. The van der Waals surface area contributed by atoms with Crippen LogP contribution in [0.3, 0.4) is 0 Å². The molecule has 1 N–H and O–H groups in total. The van der Waals surface area contributed by atoms with Crippen molar-refractivity contribution in [2.75, 3.05) is 23.8 Å². The molecule has 1 heterocycles. The van der Waals surface area contributed by atoms with Crippen molar-refractivity contribution >= 4 is 17.3 Å². The molecule has 0 aliphatic rings. The SMILES string of the molecule is Cc1cc(C)c(NC(=O)CN(C)c2ccc(C#N)nc2)c(C)c1. The van der Waals surface area contributed by atoms with Gasteiger partial charge in [0.15, 0.2) is 0 Å². The maximum Gasteiger partial charge on any atom is 0.243 e. The Labute approximate surface area is 136 Å². The molecule has 0 bridgehead atoms. The number of pyridine rings is 1. The van der Waals surface area contributed by atoms with Gasteiger partial charge < -0.3 is 10.2 Å². The molecule has 0 aliphatic heterocycles. The molecule has 1 aromatic heterocycles. The molecule has 0 radical (unpaired) electrons. The Morgan fingerprint density at radius 3 is 2.43 bits per heavy atom. The number of hydrogen-bond donors (Lipinski definition) is 1. The van der Waals surface area contributed by atoms with Gasteiger partial charge in [0.05, 0.1) is 18.4 Å². The van der Waals surface area contributed by atoms with Crippen molar-refractivity contribution in [3.8, 4) is 6.07 Å². The highest BCUT2D eigenvalue weighted by Crippen LogP contribution is 2.22. The molecule has 0 saturated carbocycles. The smallest absolute Gasteiger partial charge is 0.243 e. The summed E-state index contributed by atoms with van der Waals surface area (Å²) in [4.78, 5) is 18.1. The summed E-state index contributed by atoms with van der Waals surface area (Å²) < 4.78 is 0. The van der Waals surface area contributed by atoms with Crippen molar-refractivity contribution in [1.29, 1.82) is 5.26 Å². The summed E-state index contributed by atoms with van der Waals surface area (Å²) in [6, 6.07) is 9.50. The highest BCUT2D eigenvalue weighted by atomic mass is 16.2. The fraction of sp³-hybridized carbons (Fsp3) is 0.278. The van der Waals surface area contributed by atoms with Gasteiger partial charge in [-0.1, -0.05) is 17.7 Å². The summed E-state index contributed by atoms with van der Waals surface area (Å²) in [6.07, 6.45) is 1.59. The van der Waals surface area contributed by atoms with E-state index in [4.69, 9.17) is 5.26 Å². The van der Waals surface area contributed by atoms with Crippen LogP contribution in [0.15, 0.2) is 30.5 Å². The minimum absolute atomic E-state index is 0.0908. The second-order valence-electron chi connectivity index (χ2n) is 5.69. The average Bonchev–Trinajstić information content (AvgIpc) is 2.51. The van der Waals surface area contributed by atoms with Gasteiger partial charge in [-0.25, -0.2) is 4.98 Å². The van der Waals surface area contributed by atoms with Gasteiger partial charge in [0.25, 0.3) is 0 Å². The fourth-order valence-electron chi connectivity index (χ4n) is 2.54. The van der Waals surface area contributed by atoms with E-state index in [1.165, 1.54) is 5.56 Å². The van der Waals surface area contributed by atoms with Crippen LogP contribution in [-0.2, 0) is 4.79 Å². The summed E-state index contributed by atoms with van der Waals surface area (Å²) in [5.41, 5.74) is 5.30. The Morgan fingerprint density at radius 1 is 1.26 bits per heavy atom. The number of benzene rings is 1. The first-order valence-electron chi connectivity index (χ1n) is 7.35. The third kappa shape index (κ3) is 4.07. The lowest BCUT2D eigenvalue weighted by atomic mass is 10.1. The maximum atomic E-state index is 12.3. The van der Waals surface area contributed by atoms with Crippen molar-refractivity contribution in [3.05, 3.63) is 52.8 Å². The zero-order valence-electron chi connectivity index (χ0n) is 13.8.